The Morgan fingerprint density at radius 1 is 0.551 bits per heavy atom. The summed E-state index contributed by atoms with van der Waals surface area (Å²) in [6, 6.07) is 57.8. The molecule has 1 aliphatic heterocycles. The van der Waals surface area contributed by atoms with Crippen molar-refractivity contribution < 1.29 is 4.42 Å². The van der Waals surface area contributed by atoms with Gasteiger partial charge in [0, 0.05) is 49.7 Å². The highest BCUT2D eigenvalue weighted by Crippen LogP contribution is 2.52. The largest absolute Gasteiger partial charge is 0.456 e. The number of para-hydroxylation sites is 1. The maximum absolute atomic E-state index is 6.36. The lowest BCUT2D eigenvalue weighted by Gasteiger charge is -2.34. The molecule has 2 atom stereocenters. The van der Waals surface area contributed by atoms with Crippen LogP contribution in [0.2, 0.25) is 0 Å². The van der Waals surface area contributed by atoms with Gasteiger partial charge in [-0.15, -0.1) is 0 Å². The molecule has 0 spiro atoms. The second-order valence-electron chi connectivity index (χ2n) is 19.3. The second-order valence-corrected chi connectivity index (χ2v) is 19.3. The summed E-state index contributed by atoms with van der Waals surface area (Å²) < 4.78 is 6.36. The maximum Gasteiger partial charge on any atom is 0.238 e. The lowest BCUT2D eigenvalue weighted by atomic mass is 9.69. The fraction of sp³-hybridized carbons (Fsp3) is 0.109. The SMILES string of the molecule is C=C1/C=C2/C=CC=CC2(C)C(C)/C=C(/c2cccc(-c3cccc(-c4cccc5c4-c4ccccc4C5(C)C)c3)c2)C(=C)N1c1nc(-c2ccccc2)nc(-c2ccc3c(c2)oc2ccccc23)n1. The van der Waals surface area contributed by atoms with Crippen molar-refractivity contribution in [1.29, 1.82) is 0 Å². The van der Waals surface area contributed by atoms with Crippen LogP contribution in [-0.2, 0) is 5.41 Å². The molecule has 12 rings (SSSR count). The minimum Gasteiger partial charge on any atom is -0.456 e. The van der Waals surface area contributed by atoms with E-state index in [-0.39, 0.29) is 16.7 Å². The number of allylic oxidation sites excluding steroid dienone is 8. The number of furan rings is 1. The van der Waals surface area contributed by atoms with Crippen LogP contribution in [0.3, 0.4) is 0 Å². The minimum atomic E-state index is -0.338. The molecule has 332 valence electrons. The molecule has 0 fully saturated rings. The van der Waals surface area contributed by atoms with E-state index in [0.29, 0.717) is 29.0 Å². The van der Waals surface area contributed by atoms with Gasteiger partial charge in [0.05, 0.1) is 0 Å². The van der Waals surface area contributed by atoms with Crippen LogP contribution in [-0.4, -0.2) is 15.0 Å². The van der Waals surface area contributed by atoms with Crippen LogP contribution in [0.4, 0.5) is 5.95 Å². The minimum absolute atomic E-state index is 0.0630. The lowest BCUT2D eigenvalue weighted by Crippen LogP contribution is -2.25. The molecule has 5 heteroatoms. The van der Waals surface area contributed by atoms with Crippen LogP contribution in [0.1, 0.15) is 44.4 Å². The van der Waals surface area contributed by atoms with Gasteiger partial charge in [-0.25, -0.2) is 4.98 Å². The first kappa shape index (κ1) is 42.0. The third-order valence-electron chi connectivity index (χ3n) is 14.8. The van der Waals surface area contributed by atoms with E-state index in [4.69, 9.17) is 32.5 Å². The number of anilines is 1. The first-order valence-corrected chi connectivity index (χ1v) is 23.7. The highest BCUT2D eigenvalue weighted by molar-refractivity contribution is 6.05. The first-order valence-electron chi connectivity index (χ1n) is 23.7. The second kappa shape index (κ2) is 16.1. The summed E-state index contributed by atoms with van der Waals surface area (Å²) in [5.74, 6) is 1.53. The van der Waals surface area contributed by atoms with E-state index in [1.54, 1.807) is 0 Å². The topological polar surface area (TPSA) is 55.1 Å². The predicted molar refractivity (Wildman–Crippen MR) is 285 cm³/mol. The Morgan fingerprint density at radius 2 is 1.19 bits per heavy atom. The van der Waals surface area contributed by atoms with Crippen molar-refractivity contribution in [2.75, 3.05) is 4.90 Å². The van der Waals surface area contributed by atoms with Crippen molar-refractivity contribution in [3.05, 3.63) is 247 Å². The van der Waals surface area contributed by atoms with Gasteiger partial charge in [-0.3, -0.25) is 4.90 Å². The van der Waals surface area contributed by atoms with Gasteiger partial charge >= 0.3 is 0 Å². The van der Waals surface area contributed by atoms with Gasteiger partial charge in [0.15, 0.2) is 11.6 Å². The molecule has 9 aromatic rings. The zero-order valence-corrected chi connectivity index (χ0v) is 39.2. The highest BCUT2D eigenvalue weighted by Gasteiger charge is 2.37. The smallest absolute Gasteiger partial charge is 0.238 e. The van der Waals surface area contributed by atoms with Gasteiger partial charge in [0.1, 0.15) is 11.2 Å². The molecule has 3 aliphatic rings. The van der Waals surface area contributed by atoms with E-state index in [2.05, 4.69) is 173 Å². The number of nitrogens with zero attached hydrogens (tertiary/aromatic N) is 4. The van der Waals surface area contributed by atoms with E-state index in [1.165, 1.54) is 33.4 Å². The number of benzene rings is 7. The Bertz CT molecular complexity index is 3730. The molecule has 0 saturated heterocycles. The normalized spacial score (nSPS) is 19.8. The van der Waals surface area contributed by atoms with Crippen molar-refractivity contribution in [1.82, 2.24) is 15.0 Å². The molecule has 2 aliphatic carbocycles. The molecule has 2 aromatic heterocycles. The Kier molecular flexibility index (Phi) is 9.82. The summed E-state index contributed by atoms with van der Waals surface area (Å²) in [5.41, 5.74) is 17.4. The number of aromatic nitrogens is 3. The van der Waals surface area contributed by atoms with Crippen LogP contribution in [0.15, 0.2) is 235 Å². The van der Waals surface area contributed by atoms with Crippen LogP contribution in [0, 0.1) is 11.3 Å². The molecular weight excluding hydrogens is 841 g/mol. The van der Waals surface area contributed by atoms with Crippen LogP contribution in [0.25, 0.3) is 83.7 Å². The first-order chi connectivity index (χ1) is 33.5. The van der Waals surface area contributed by atoms with Gasteiger partial charge in [0.25, 0.3) is 0 Å². The quantitative estimate of drug-likeness (QED) is 0.166. The third-order valence-corrected chi connectivity index (χ3v) is 14.8. The fourth-order valence-electron chi connectivity index (χ4n) is 10.8. The summed E-state index contributed by atoms with van der Waals surface area (Å²) in [4.78, 5) is 17.7. The molecule has 0 radical (unpaired) electrons. The van der Waals surface area contributed by atoms with E-state index in [1.807, 2.05) is 59.5 Å². The summed E-state index contributed by atoms with van der Waals surface area (Å²) in [7, 11) is 0. The summed E-state index contributed by atoms with van der Waals surface area (Å²) in [6.07, 6.45) is 13.3. The van der Waals surface area contributed by atoms with Crippen molar-refractivity contribution in [2.24, 2.45) is 11.3 Å². The van der Waals surface area contributed by atoms with Gasteiger partial charge < -0.3 is 4.42 Å². The molecule has 5 nitrogen and oxygen atoms in total. The summed E-state index contributed by atoms with van der Waals surface area (Å²) in [5, 5.41) is 2.10. The summed E-state index contributed by atoms with van der Waals surface area (Å²) in [6.45, 7) is 18.9. The van der Waals surface area contributed by atoms with E-state index in [9.17, 15) is 0 Å². The zero-order chi connectivity index (χ0) is 47.0. The molecule has 0 bridgehead atoms. The average Bonchev–Trinajstić information content (AvgIpc) is 3.88. The van der Waals surface area contributed by atoms with Crippen molar-refractivity contribution >= 4 is 33.5 Å². The van der Waals surface area contributed by atoms with E-state index in [0.717, 1.165) is 60.9 Å². The standard InChI is InChI=1S/C64H50N4O/c1-40-35-54(47-24-17-22-45(38-47)44-21-16-23-46(37-44)50-28-18-30-56-59(50)53-27-10-12-29-55(53)63(56,4)5)42(3)68(41(2)36-49-25-14-15-34-64(40,49)6)62-66-60(43-19-8-7-9-20-43)65-61(67-62)48-32-33-52-51-26-11-13-31-57(51)69-58(52)39-48/h7-40H,2-3H2,1,4-6H3/b49-36-,54-35+. The zero-order valence-electron chi connectivity index (χ0n) is 39.2. The Morgan fingerprint density at radius 3 is 2.01 bits per heavy atom. The fourth-order valence-corrected chi connectivity index (χ4v) is 10.8. The molecule has 69 heavy (non-hydrogen) atoms. The van der Waals surface area contributed by atoms with Crippen molar-refractivity contribution in [3.63, 3.8) is 0 Å². The van der Waals surface area contributed by atoms with Crippen LogP contribution >= 0.6 is 0 Å². The van der Waals surface area contributed by atoms with Crippen LogP contribution in [0.5, 0.6) is 0 Å². The number of rotatable bonds is 6. The number of fused-ring (bicyclic) bond motifs is 7. The van der Waals surface area contributed by atoms with Gasteiger partial charge in [-0.05, 0) is 98.0 Å². The third kappa shape index (κ3) is 6.95. The molecular formula is C64H50N4O. The van der Waals surface area contributed by atoms with Crippen LogP contribution < -0.4 is 4.90 Å². The van der Waals surface area contributed by atoms with Gasteiger partial charge in [0.2, 0.25) is 5.95 Å². The lowest BCUT2D eigenvalue weighted by molar-refractivity contribution is 0.403. The molecule has 0 N–H and O–H groups in total. The maximum atomic E-state index is 6.36. The molecule has 2 unspecified atom stereocenters. The van der Waals surface area contributed by atoms with Gasteiger partial charge in [-0.1, -0.05) is 205 Å². The van der Waals surface area contributed by atoms with Gasteiger partial charge in [-0.2, -0.15) is 9.97 Å². The number of hydrogen-bond acceptors (Lipinski definition) is 5. The number of hydrogen-bond donors (Lipinski definition) is 0. The monoisotopic (exact) mass is 890 g/mol. The Hall–Kier alpha value is -8.41. The predicted octanol–water partition coefficient (Wildman–Crippen LogP) is 16.4. The highest BCUT2D eigenvalue weighted by atomic mass is 16.3. The molecule has 3 heterocycles. The van der Waals surface area contributed by atoms with E-state index >= 15 is 0 Å². The van der Waals surface area contributed by atoms with Crippen molar-refractivity contribution in [2.45, 2.75) is 33.1 Å². The van der Waals surface area contributed by atoms with E-state index < -0.39 is 0 Å². The summed E-state index contributed by atoms with van der Waals surface area (Å²) >= 11 is 0. The van der Waals surface area contributed by atoms with Crippen molar-refractivity contribution in [3.8, 4) is 56.2 Å². The Labute approximate surface area is 403 Å². The molecule has 7 aromatic carbocycles. The molecule has 0 amide bonds. The average molecular weight is 891 g/mol. The Balaban J connectivity index is 0.996. The molecule has 0 saturated carbocycles.